The molecule has 1 N–H and O–H groups in total. The number of carbonyl (C=O) groups excluding carboxylic acids is 2. The van der Waals surface area contributed by atoms with Crippen LogP contribution in [0.1, 0.15) is 15.2 Å². The van der Waals surface area contributed by atoms with E-state index in [2.05, 4.69) is 15.0 Å². The van der Waals surface area contributed by atoms with Gasteiger partial charge in [-0.05, 0) is 17.7 Å². The summed E-state index contributed by atoms with van der Waals surface area (Å²) in [6.07, 6.45) is 1.43. The van der Waals surface area contributed by atoms with Crippen LogP contribution in [0.4, 0.5) is 5.13 Å². The number of methoxy groups -OCH3 is 4. The molecular formula is C16H18N2O6S. The van der Waals surface area contributed by atoms with Crippen LogP contribution in [-0.4, -0.2) is 45.3 Å². The number of benzene rings is 1. The highest BCUT2D eigenvalue weighted by Gasteiger charge is 2.16. The van der Waals surface area contributed by atoms with Gasteiger partial charge >= 0.3 is 5.97 Å². The predicted molar refractivity (Wildman–Crippen MR) is 91.9 cm³/mol. The molecule has 0 bridgehead atoms. The fourth-order valence-electron chi connectivity index (χ4n) is 2.11. The van der Waals surface area contributed by atoms with Crippen molar-refractivity contribution in [2.45, 2.75) is 6.42 Å². The second-order valence-corrected chi connectivity index (χ2v) is 5.81. The second kappa shape index (κ2) is 8.34. The number of carbonyl (C=O) groups is 2. The third-order valence-corrected chi connectivity index (χ3v) is 4.12. The topological polar surface area (TPSA) is 96.0 Å². The number of aromatic nitrogens is 1. The Hall–Kier alpha value is -2.81. The third-order valence-electron chi connectivity index (χ3n) is 3.23. The van der Waals surface area contributed by atoms with Gasteiger partial charge < -0.3 is 24.3 Å². The van der Waals surface area contributed by atoms with Crippen molar-refractivity contribution in [2.75, 3.05) is 33.8 Å². The van der Waals surface area contributed by atoms with Gasteiger partial charge in [0.25, 0.3) is 0 Å². The zero-order valence-corrected chi connectivity index (χ0v) is 15.1. The number of anilines is 1. The Morgan fingerprint density at radius 1 is 1.08 bits per heavy atom. The van der Waals surface area contributed by atoms with Crippen molar-refractivity contribution >= 4 is 28.3 Å². The van der Waals surface area contributed by atoms with Gasteiger partial charge in [-0.15, -0.1) is 0 Å². The zero-order chi connectivity index (χ0) is 18.4. The van der Waals surface area contributed by atoms with Crippen molar-refractivity contribution in [1.82, 2.24) is 4.98 Å². The lowest BCUT2D eigenvalue weighted by molar-refractivity contribution is -0.115. The van der Waals surface area contributed by atoms with Crippen molar-refractivity contribution in [1.29, 1.82) is 0 Å². The van der Waals surface area contributed by atoms with Gasteiger partial charge in [-0.1, -0.05) is 11.3 Å². The molecule has 25 heavy (non-hydrogen) atoms. The molecule has 0 unspecified atom stereocenters. The molecule has 1 aromatic carbocycles. The Labute approximate surface area is 148 Å². The molecule has 1 heterocycles. The summed E-state index contributed by atoms with van der Waals surface area (Å²) in [7, 11) is 5.80. The molecule has 0 aliphatic heterocycles. The minimum absolute atomic E-state index is 0.0733. The lowest BCUT2D eigenvalue weighted by Crippen LogP contribution is -2.14. The number of rotatable bonds is 7. The quantitative estimate of drug-likeness (QED) is 0.750. The van der Waals surface area contributed by atoms with Gasteiger partial charge in [0.2, 0.25) is 11.7 Å². The first kappa shape index (κ1) is 18.5. The fraction of sp³-hybridized carbons (Fsp3) is 0.312. The summed E-state index contributed by atoms with van der Waals surface area (Å²) in [4.78, 5) is 27.9. The summed E-state index contributed by atoms with van der Waals surface area (Å²) < 4.78 is 20.4. The molecule has 0 aliphatic rings. The van der Waals surface area contributed by atoms with Crippen LogP contribution in [0.3, 0.4) is 0 Å². The number of hydrogen-bond donors (Lipinski definition) is 1. The summed E-state index contributed by atoms with van der Waals surface area (Å²) >= 11 is 1.04. The van der Waals surface area contributed by atoms with E-state index >= 15 is 0 Å². The van der Waals surface area contributed by atoms with Crippen LogP contribution < -0.4 is 19.5 Å². The first-order chi connectivity index (χ1) is 12.0. The monoisotopic (exact) mass is 366 g/mol. The second-order valence-electron chi connectivity index (χ2n) is 4.78. The standard InChI is InChI=1S/C16H18N2O6S/c1-21-10-5-9(6-11(22-2)14(10)23-3)7-13(19)18-16-17-8-12(25-16)15(20)24-4/h5-6,8H,7H2,1-4H3,(H,17,18,19). The van der Waals surface area contributed by atoms with E-state index < -0.39 is 5.97 Å². The van der Waals surface area contributed by atoms with Crippen LogP contribution in [0.5, 0.6) is 17.2 Å². The molecule has 8 nitrogen and oxygen atoms in total. The van der Waals surface area contributed by atoms with Crippen molar-refractivity contribution in [3.05, 3.63) is 28.8 Å². The van der Waals surface area contributed by atoms with E-state index in [4.69, 9.17) is 14.2 Å². The molecule has 134 valence electrons. The highest BCUT2D eigenvalue weighted by Crippen LogP contribution is 2.38. The molecule has 0 atom stereocenters. The Morgan fingerprint density at radius 3 is 2.24 bits per heavy atom. The normalized spacial score (nSPS) is 10.1. The Morgan fingerprint density at radius 2 is 1.72 bits per heavy atom. The molecule has 2 aromatic rings. The summed E-state index contributed by atoms with van der Waals surface area (Å²) in [5.74, 6) is 0.596. The van der Waals surface area contributed by atoms with E-state index in [-0.39, 0.29) is 12.3 Å². The maximum Gasteiger partial charge on any atom is 0.349 e. The van der Waals surface area contributed by atoms with Gasteiger partial charge in [0, 0.05) is 0 Å². The van der Waals surface area contributed by atoms with Crippen LogP contribution in [0.25, 0.3) is 0 Å². The van der Waals surface area contributed by atoms with Gasteiger partial charge in [-0.3, -0.25) is 4.79 Å². The molecule has 0 saturated heterocycles. The molecule has 9 heteroatoms. The molecule has 0 radical (unpaired) electrons. The van der Waals surface area contributed by atoms with Crippen LogP contribution in [0.2, 0.25) is 0 Å². The van der Waals surface area contributed by atoms with Gasteiger partial charge in [0.05, 0.1) is 41.1 Å². The van der Waals surface area contributed by atoms with E-state index in [0.29, 0.717) is 32.8 Å². The first-order valence-corrected chi connectivity index (χ1v) is 7.96. The van der Waals surface area contributed by atoms with Crippen LogP contribution >= 0.6 is 11.3 Å². The van der Waals surface area contributed by atoms with Crippen molar-refractivity contribution < 1.29 is 28.5 Å². The van der Waals surface area contributed by atoms with Crippen molar-refractivity contribution in [3.8, 4) is 17.2 Å². The zero-order valence-electron chi connectivity index (χ0n) is 14.2. The highest BCUT2D eigenvalue weighted by atomic mass is 32.1. The van der Waals surface area contributed by atoms with Gasteiger partial charge in [-0.25, -0.2) is 9.78 Å². The predicted octanol–water partition coefficient (Wildman–Crippen LogP) is 2.14. The number of nitrogens with zero attached hydrogens (tertiary/aromatic N) is 1. The number of esters is 1. The van der Waals surface area contributed by atoms with E-state index in [1.807, 2.05) is 0 Å². The largest absolute Gasteiger partial charge is 0.493 e. The first-order valence-electron chi connectivity index (χ1n) is 7.15. The summed E-state index contributed by atoms with van der Waals surface area (Å²) in [5, 5.41) is 2.96. The SMILES string of the molecule is COC(=O)c1cnc(NC(=O)Cc2cc(OC)c(OC)c(OC)c2)s1. The molecule has 0 aliphatic carbocycles. The van der Waals surface area contributed by atoms with E-state index in [9.17, 15) is 9.59 Å². The number of ether oxygens (including phenoxy) is 4. The smallest absolute Gasteiger partial charge is 0.349 e. The average molecular weight is 366 g/mol. The minimum Gasteiger partial charge on any atom is -0.493 e. The maximum absolute atomic E-state index is 12.2. The molecule has 0 fully saturated rings. The van der Waals surface area contributed by atoms with E-state index in [1.54, 1.807) is 12.1 Å². The maximum atomic E-state index is 12.2. The Bertz CT molecular complexity index is 749. The fourth-order valence-corrected chi connectivity index (χ4v) is 2.86. The summed E-state index contributed by atoms with van der Waals surface area (Å²) in [6.45, 7) is 0. The molecule has 2 rings (SSSR count). The lowest BCUT2D eigenvalue weighted by atomic mass is 10.1. The number of hydrogen-bond acceptors (Lipinski definition) is 8. The lowest BCUT2D eigenvalue weighted by Gasteiger charge is -2.13. The third kappa shape index (κ3) is 4.38. The molecule has 0 saturated carbocycles. The number of amides is 1. The van der Waals surface area contributed by atoms with Crippen molar-refractivity contribution in [2.24, 2.45) is 0 Å². The molecule has 1 amide bonds. The summed E-state index contributed by atoms with van der Waals surface area (Å²) in [5.41, 5.74) is 0.678. The summed E-state index contributed by atoms with van der Waals surface area (Å²) in [6, 6.07) is 3.39. The minimum atomic E-state index is -0.498. The van der Waals surface area contributed by atoms with Crippen molar-refractivity contribution in [3.63, 3.8) is 0 Å². The molecule has 0 spiro atoms. The number of nitrogens with one attached hydrogen (secondary N) is 1. The van der Waals surface area contributed by atoms with E-state index in [1.165, 1.54) is 34.6 Å². The van der Waals surface area contributed by atoms with Gasteiger partial charge in [0.15, 0.2) is 16.6 Å². The van der Waals surface area contributed by atoms with E-state index in [0.717, 1.165) is 11.3 Å². The van der Waals surface area contributed by atoms with Gasteiger partial charge in [0.1, 0.15) is 4.88 Å². The molecular weight excluding hydrogens is 348 g/mol. The number of thiazole rings is 1. The highest BCUT2D eigenvalue weighted by molar-refractivity contribution is 7.17. The Kier molecular flexibility index (Phi) is 6.18. The van der Waals surface area contributed by atoms with Crippen LogP contribution in [-0.2, 0) is 16.0 Å². The Balaban J connectivity index is 2.12. The van der Waals surface area contributed by atoms with Crippen LogP contribution in [0, 0.1) is 0 Å². The average Bonchev–Trinajstić information content (AvgIpc) is 3.08. The van der Waals surface area contributed by atoms with Crippen LogP contribution in [0.15, 0.2) is 18.3 Å². The molecule has 1 aromatic heterocycles. The van der Waals surface area contributed by atoms with Gasteiger partial charge in [-0.2, -0.15) is 0 Å².